The summed E-state index contributed by atoms with van der Waals surface area (Å²) < 4.78 is 13.2. The molecule has 35 heavy (non-hydrogen) atoms. The third-order valence-electron chi connectivity index (χ3n) is 5.08. The highest BCUT2D eigenvalue weighted by molar-refractivity contribution is 7.18. The molecule has 1 heterocycles. The molecule has 0 aliphatic rings. The number of nitrogens with one attached hydrogen (secondary N) is 3. The lowest BCUT2D eigenvalue weighted by atomic mass is 10.1. The Balaban J connectivity index is 1.47. The second-order valence-corrected chi connectivity index (χ2v) is 9.10. The Morgan fingerprint density at radius 1 is 1.00 bits per heavy atom. The van der Waals surface area contributed by atoms with Gasteiger partial charge in [0.25, 0.3) is 0 Å². The summed E-state index contributed by atoms with van der Waals surface area (Å²) in [4.78, 5) is 25.8. The standard InChI is InChI=1S/C25H21ClFN5O2S/c1-15-7-12-19(14-20(15)26)28-24(34)29-21(13-16-5-3-2-4-6-16)22(33)30-25-32-31-23(35-25)17-8-10-18(27)11-9-17/h2-12,14,21H,13H2,1H3,(H2,28,29,34)(H,30,32,33). The molecule has 0 aliphatic heterocycles. The van der Waals surface area contributed by atoms with Gasteiger partial charge in [-0.25, -0.2) is 9.18 Å². The molecule has 0 bridgehead atoms. The van der Waals surface area contributed by atoms with Crippen LogP contribution in [0.4, 0.5) is 20.0 Å². The van der Waals surface area contributed by atoms with Gasteiger partial charge in [0.1, 0.15) is 16.9 Å². The van der Waals surface area contributed by atoms with E-state index in [1.165, 1.54) is 12.1 Å². The molecule has 1 unspecified atom stereocenters. The summed E-state index contributed by atoms with van der Waals surface area (Å²) in [5.74, 6) is -0.805. The van der Waals surface area contributed by atoms with Crippen LogP contribution in [0.2, 0.25) is 5.02 Å². The van der Waals surface area contributed by atoms with Crippen molar-refractivity contribution in [2.75, 3.05) is 10.6 Å². The van der Waals surface area contributed by atoms with Crippen molar-refractivity contribution in [2.45, 2.75) is 19.4 Å². The fourth-order valence-corrected chi connectivity index (χ4v) is 4.16. The molecule has 0 fully saturated rings. The zero-order valence-electron chi connectivity index (χ0n) is 18.6. The van der Waals surface area contributed by atoms with Crippen LogP contribution in [0.1, 0.15) is 11.1 Å². The highest BCUT2D eigenvalue weighted by atomic mass is 35.5. The van der Waals surface area contributed by atoms with Crippen molar-refractivity contribution in [3.8, 4) is 10.6 Å². The van der Waals surface area contributed by atoms with Gasteiger partial charge < -0.3 is 10.6 Å². The largest absolute Gasteiger partial charge is 0.326 e. The Kier molecular flexibility index (Phi) is 7.69. The first-order valence-electron chi connectivity index (χ1n) is 10.7. The first kappa shape index (κ1) is 24.3. The number of amides is 3. The fraction of sp³-hybridized carbons (Fsp3) is 0.120. The summed E-state index contributed by atoms with van der Waals surface area (Å²) in [6.45, 7) is 1.86. The molecule has 3 N–H and O–H groups in total. The van der Waals surface area contributed by atoms with E-state index in [-0.39, 0.29) is 17.4 Å². The van der Waals surface area contributed by atoms with Crippen molar-refractivity contribution >= 4 is 45.7 Å². The van der Waals surface area contributed by atoms with E-state index in [2.05, 4.69) is 26.1 Å². The number of hydrogen-bond acceptors (Lipinski definition) is 5. The van der Waals surface area contributed by atoms with Gasteiger partial charge in [-0.1, -0.05) is 59.3 Å². The van der Waals surface area contributed by atoms with Gasteiger partial charge in [-0.05, 0) is 54.4 Å². The molecule has 178 valence electrons. The van der Waals surface area contributed by atoms with E-state index in [1.54, 1.807) is 30.3 Å². The third-order valence-corrected chi connectivity index (χ3v) is 6.38. The number of anilines is 2. The maximum Gasteiger partial charge on any atom is 0.319 e. The van der Waals surface area contributed by atoms with E-state index in [0.29, 0.717) is 21.3 Å². The minimum absolute atomic E-state index is 0.262. The Morgan fingerprint density at radius 3 is 2.46 bits per heavy atom. The van der Waals surface area contributed by atoms with Crippen molar-refractivity contribution in [2.24, 2.45) is 0 Å². The van der Waals surface area contributed by atoms with Crippen molar-refractivity contribution in [3.63, 3.8) is 0 Å². The molecule has 1 aromatic heterocycles. The molecule has 1 atom stereocenters. The summed E-state index contributed by atoms with van der Waals surface area (Å²) >= 11 is 7.29. The number of halogens is 2. The van der Waals surface area contributed by atoms with E-state index >= 15 is 0 Å². The molecule has 7 nitrogen and oxygen atoms in total. The molecule has 4 rings (SSSR count). The van der Waals surface area contributed by atoms with E-state index in [9.17, 15) is 14.0 Å². The molecule has 4 aromatic rings. The Morgan fingerprint density at radius 2 is 1.74 bits per heavy atom. The van der Waals surface area contributed by atoms with Crippen molar-refractivity contribution in [1.82, 2.24) is 15.5 Å². The SMILES string of the molecule is Cc1ccc(NC(=O)NC(Cc2ccccc2)C(=O)Nc2nnc(-c3ccc(F)cc3)s2)cc1Cl. The van der Waals surface area contributed by atoms with Crippen molar-refractivity contribution < 1.29 is 14.0 Å². The smallest absolute Gasteiger partial charge is 0.319 e. The van der Waals surface area contributed by atoms with Crippen molar-refractivity contribution in [1.29, 1.82) is 0 Å². The highest BCUT2D eigenvalue weighted by Crippen LogP contribution is 2.26. The summed E-state index contributed by atoms with van der Waals surface area (Å²) in [5.41, 5.74) is 2.94. The second kappa shape index (κ2) is 11.1. The van der Waals surface area contributed by atoms with Crippen LogP contribution < -0.4 is 16.0 Å². The van der Waals surface area contributed by atoms with Crippen LogP contribution in [-0.2, 0) is 11.2 Å². The second-order valence-electron chi connectivity index (χ2n) is 7.71. The van der Waals surface area contributed by atoms with Crippen LogP contribution in [0.25, 0.3) is 10.6 Å². The lowest BCUT2D eigenvalue weighted by Crippen LogP contribution is -2.46. The van der Waals surface area contributed by atoms with Crippen LogP contribution in [0.5, 0.6) is 0 Å². The predicted molar refractivity (Wildman–Crippen MR) is 136 cm³/mol. The Hall–Kier alpha value is -3.82. The maximum atomic E-state index is 13.2. The van der Waals surface area contributed by atoms with Gasteiger partial charge in [0, 0.05) is 22.7 Å². The number of nitrogens with zero attached hydrogens (tertiary/aromatic N) is 2. The van der Waals surface area contributed by atoms with E-state index in [1.807, 2.05) is 37.3 Å². The highest BCUT2D eigenvalue weighted by Gasteiger charge is 2.23. The van der Waals surface area contributed by atoms with Crippen LogP contribution >= 0.6 is 22.9 Å². The Labute approximate surface area is 210 Å². The van der Waals surface area contributed by atoms with Crippen LogP contribution in [0, 0.1) is 12.7 Å². The first-order chi connectivity index (χ1) is 16.9. The number of aryl methyl sites for hydroxylation is 1. The molecule has 3 aromatic carbocycles. The van der Waals surface area contributed by atoms with Crippen LogP contribution in [-0.4, -0.2) is 28.2 Å². The van der Waals surface area contributed by atoms with Gasteiger partial charge in [0.2, 0.25) is 11.0 Å². The number of carbonyl (C=O) groups is 2. The van der Waals surface area contributed by atoms with Crippen molar-refractivity contribution in [3.05, 3.63) is 94.8 Å². The average Bonchev–Trinajstić information content (AvgIpc) is 3.30. The molecule has 10 heteroatoms. The average molecular weight is 510 g/mol. The predicted octanol–water partition coefficient (Wildman–Crippen LogP) is 5.68. The molecular weight excluding hydrogens is 489 g/mol. The zero-order chi connectivity index (χ0) is 24.8. The van der Waals surface area contributed by atoms with Gasteiger partial charge in [0.05, 0.1) is 0 Å². The molecule has 3 amide bonds. The molecule has 0 saturated carbocycles. The number of urea groups is 1. The maximum absolute atomic E-state index is 13.2. The molecule has 0 aliphatic carbocycles. The summed E-state index contributed by atoms with van der Waals surface area (Å²) in [5, 5.41) is 17.5. The molecule has 0 spiro atoms. The summed E-state index contributed by atoms with van der Waals surface area (Å²) in [6, 6.07) is 18.9. The van der Waals surface area contributed by atoms with E-state index in [0.717, 1.165) is 22.5 Å². The number of carbonyl (C=O) groups excluding carboxylic acids is 2. The van der Waals surface area contributed by atoms with Gasteiger partial charge in [-0.3, -0.25) is 10.1 Å². The summed E-state index contributed by atoms with van der Waals surface area (Å²) in [6.07, 6.45) is 0.262. The summed E-state index contributed by atoms with van der Waals surface area (Å²) in [7, 11) is 0. The van der Waals surface area contributed by atoms with Gasteiger partial charge in [-0.2, -0.15) is 0 Å². The van der Waals surface area contributed by atoms with Crippen LogP contribution in [0.15, 0.2) is 72.8 Å². The molecular formula is C25H21ClFN5O2S. The molecule has 0 saturated heterocycles. The van der Waals surface area contributed by atoms with Gasteiger partial charge in [-0.15, -0.1) is 10.2 Å². The first-order valence-corrected chi connectivity index (χ1v) is 11.8. The van der Waals surface area contributed by atoms with Crippen LogP contribution in [0.3, 0.4) is 0 Å². The minimum atomic E-state index is -0.892. The number of benzene rings is 3. The van der Waals surface area contributed by atoms with Gasteiger partial charge >= 0.3 is 6.03 Å². The number of hydrogen-bond donors (Lipinski definition) is 3. The quantitative estimate of drug-likeness (QED) is 0.299. The monoisotopic (exact) mass is 509 g/mol. The van der Waals surface area contributed by atoms with Gasteiger partial charge in [0.15, 0.2) is 0 Å². The van der Waals surface area contributed by atoms with E-state index in [4.69, 9.17) is 11.6 Å². The minimum Gasteiger partial charge on any atom is -0.326 e. The normalized spacial score (nSPS) is 11.5. The third kappa shape index (κ3) is 6.62. The Bertz CT molecular complexity index is 1330. The van der Waals surface area contributed by atoms with E-state index < -0.39 is 18.0 Å². The molecule has 0 radical (unpaired) electrons. The fourth-order valence-electron chi connectivity index (χ4n) is 3.23. The zero-order valence-corrected chi connectivity index (χ0v) is 20.2. The number of aromatic nitrogens is 2. The lowest BCUT2D eigenvalue weighted by Gasteiger charge is -2.18. The number of rotatable bonds is 7. The lowest BCUT2D eigenvalue weighted by molar-refractivity contribution is -0.117. The topological polar surface area (TPSA) is 96.0 Å².